The molecule has 2 rings (SSSR count). The number of hydrogen-bond acceptors (Lipinski definition) is 2. The van der Waals surface area contributed by atoms with E-state index < -0.39 is 0 Å². The predicted molar refractivity (Wildman–Crippen MR) is 73.0 cm³/mol. The Morgan fingerprint density at radius 2 is 1.89 bits per heavy atom. The number of hydrogen-bond donors (Lipinski definition) is 2. The Balaban J connectivity index is 2.14. The second kappa shape index (κ2) is 6.55. The van der Waals surface area contributed by atoms with E-state index >= 15 is 0 Å². The lowest BCUT2D eigenvalue weighted by Gasteiger charge is -2.31. The first-order valence-corrected chi connectivity index (χ1v) is 6.85. The highest BCUT2D eigenvalue weighted by Gasteiger charge is 2.25. The Morgan fingerprint density at radius 1 is 1.22 bits per heavy atom. The van der Waals surface area contributed by atoms with Crippen molar-refractivity contribution < 1.29 is 4.79 Å². The Labute approximate surface area is 109 Å². The van der Waals surface area contributed by atoms with Crippen molar-refractivity contribution in [1.82, 2.24) is 5.32 Å². The van der Waals surface area contributed by atoms with Crippen molar-refractivity contribution in [3.8, 4) is 0 Å². The molecule has 1 aliphatic rings. The zero-order chi connectivity index (χ0) is 12.8. The zero-order valence-electron chi connectivity index (χ0n) is 10.8. The SMILES string of the molecule is NCC(=O)N[C@@H](c1ccccc1)C1CCCCC1. The quantitative estimate of drug-likeness (QED) is 0.857. The van der Waals surface area contributed by atoms with Crippen LogP contribution in [0.2, 0.25) is 0 Å². The van der Waals surface area contributed by atoms with Gasteiger partial charge in [-0.25, -0.2) is 0 Å². The first kappa shape index (κ1) is 13.1. The van der Waals surface area contributed by atoms with Crippen LogP contribution in [0.4, 0.5) is 0 Å². The fourth-order valence-electron chi connectivity index (χ4n) is 2.83. The van der Waals surface area contributed by atoms with E-state index in [0.717, 1.165) is 0 Å². The topological polar surface area (TPSA) is 55.1 Å². The highest BCUT2D eigenvalue weighted by Crippen LogP contribution is 2.34. The minimum absolute atomic E-state index is 0.0607. The van der Waals surface area contributed by atoms with Crippen molar-refractivity contribution >= 4 is 5.91 Å². The van der Waals surface area contributed by atoms with Gasteiger partial charge < -0.3 is 11.1 Å². The summed E-state index contributed by atoms with van der Waals surface area (Å²) < 4.78 is 0. The smallest absolute Gasteiger partial charge is 0.234 e. The van der Waals surface area contributed by atoms with Gasteiger partial charge in [-0.15, -0.1) is 0 Å². The van der Waals surface area contributed by atoms with Gasteiger partial charge in [0.1, 0.15) is 0 Å². The van der Waals surface area contributed by atoms with Crippen molar-refractivity contribution in [3.63, 3.8) is 0 Å². The van der Waals surface area contributed by atoms with E-state index in [2.05, 4.69) is 17.4 Å². The average Bonchev–Trinajstić information content (AvgIpc) is 2.46. The van der Waals surface area contributed by atoms with Crippen LogP contribution in [0.1, 0.15) is 43.7 Å². The van der Waals surface area contributed by atoms with Gasteiger partial charge in [0, 0.05) is 0 Å². The van der Waals surface area contributed by atoms with Crippen molar-refractivity contribution in [2.75, 3.05) is 6.54 Å². The number of amides is 1. The zero-order valence-corrected chi connectivity index (χ0v) is 10.8. The van der Waals surface area contributed by atoms with Crippen LogP contribution in [0, 0.1) is 5.92 Å². The normalized spacial score (nSPS) is 18.3. The van der Waals surface area contributed by atoms with Crippen LogP contribution in [0.5, 0.6) is 0 Å². The maximum Gasteiger partial charge on any atom is 0.234 e. The molecule has 0 bridgehead atoms. The van der Waals surface area contributed by atoms with Crippen LogP contribution in [0.25, 0.3) is 0 Å². The molecule has 1 amide bonds. The van der Waals surface area contributed by atoms with Gasteiger partial charge >= 0.3 is 0 Å². The highest BCUT2D eigenvalue weighted by molar-refractivity contribution is 5.78. The van der Waals surface area contributed by atoms with Crippen LogP contribution in [0.3, 0.4) is 0 Å². The molecule has 0 saturated heterocycles. The molecule has 0 heterocycles. The third kappa shape index (κ3) is 3.33. The molecule has 1 saturated carbocycles. The molecule has 0 spiro atoms. The van der Waals surface area contributed by atoms with Crippen molar-refractivity contribution in [3.05, 3.63) is 35.9 Å². The summed E-state index contributed by atoms with van der Waals surface area (Å²) in [6.45, 7) is 0.0655. The monoisotopic (exact) mass is 246 g/mol. The highest BCUT2D eigenvalue weighted by atomic mass is 16.1. The third-order valence-electron chi connectivity index (χ3n) is 3.78. The van der Waals surface area contributed by atoms with E-state index in [-0.39, 0.29) is 18.5 Å². The maximum absolute atomic E-state index is 11.6. The summed E-state index contributed by atoms with van der Waals surface area (Å²) >= 11 is 0. The fraction of sp³-hybridized carbons (Fsp3) is 0.533. The summed E-state index contributed by atoms with van der Waals surface area (Å²) in [4.78, 5) is 11.6. The number of benzene rings is 1. The summed E-state index contributed by atoms with van der Waals surface area (Å²) in [7, 11) is 0. The fourth-order valence-corrected chi connectivity index (χ4v) is 2.83. The van der Waals surface area contributed by atoms with Crippen LogP contribution in [-0.4, -0.2) is 12.5 Å². The molecular weight excluding hydrogens is 224 g/mol. The summed E-state index contributed by atoms with van der Waals surface area (Å²) in [6.07, 6.45) is 6.26. The van der Waals surface area contributed by atoms with Crippen LogP contribution in [0.15, 0.2) is 30.3 Å². The Hall–Kier alpha value is -1.35. The third-order valence-corrected chi connectivity index (χ3v) is 3.78. The average molecular weight is 246 g/mol. The van der Waals surface area contributed by atoms with Crippen molar-refractivity contribution in [2.45, 2.75) is 38.1 Å². The number of nitrogens with one attached hydrogen (secondary N) is 1. The Kier molecular flexibility index (Phi) is 4.76. The largest absolute Gasteiger partial charge is 0.348 e. The lowest BCUT2D eigenvalue weighted by atomic mass is 9.81. The second-order valence-corrected chi connectivity index (χ2v) is 5.06. The van der Waals surface area contributed by atoms with Crippen LogP contribution in [-0.2, 0) is 4.79 Å². The van der Waals surface area contributed by atoms with Crippen LogP contribution >= 0.6 is 0 Å². The molecule has 1 aliphatic carbocycles. The predicted octanol–water partition coefficient (Wildman–Crippen LogP) is 2.38. The standard InChI is InChI=1S/C15H22N2O/c16-11-14(18)17-15(12-7-3-1-4-8-12)13-9-5-2-6-10-13/h1,3-4,7-8,13,15H,2,5-6,9-11,16H2,(H,17,18)/t15-/m0/s1. The number of nitrogens with two attached hydrogens (primary N) is 1. The first-order chi connectivity index (χ1) is 8.81. The molecule has 3 nitrogen and oxygen atoms in total. The second-order valence-electron chi connectivity index (χ2n) is 5.06. The molecule has 98 valence electrons. The molecule has 1 fully saturated rings. The molecule has 3 N–H and O–H groups in total. The molecule has 0 unspecified atom stereocenters. The summed E-state index contributed by atoms with van der Waals surface area (Å²) in [5.41, 5.74) is 6.62. The number of carbonyl (C=O) groups excluding carboxylic acids is 1. The summed E-state index contributed by atoms with van der Waals surface area (Å²) in [5.74, 6) is 0.492. The molecule has 1 aromatic carbocycles. The van der Waals surface area contributed by atoms with E-state index in [1.807, 2.05) is 18.2 Å². The molecule has 3 heteroatoms. The molecular formula is C15H22N2O. The molecule has 1 aromatic rings. The number of carbonyl (C=O) groups is 1. The van der Waals surface area contributed by atoms with Gasteiger partial charge in [0.25, 0.3) is 0 Å². The van der Waals surface area contributed by atoms with Crippen molar-refractivity contribution in [2.24, 2.45) is 11.7 Å². The first-order valence-electron chi connectivity index (χ1n) is 6.85. The van der Waals surface area contributed by atoms with E-state index in [9.17, 15) is 4.79 Å². The van der Waals surface area contributed by atoms with E-state index in [1.165, 1.54) is 37.7 Å². The van der Waals surface area contributed by atoms with Gasteiger partial charge in [-0.2, -0.15) is 0 Å². The molecule has 1 atom stereocenters. The van der Waals surface area contributed by atoms with Gasteiger partial charge in [-0.3, -0.25) is 4.79 Å². The van der Waals surface area contributed by atoms with Gasteiger partial charge in [0.05, 0.1) is 12.6 Å². The van der Waals surface area contributed by atoms with Gasteiger partial charge in [-0.05, 0) is 24.3 Å². The minimum Gasteiger partial charge on any atom is -0.348 e. The summed E-state index contributed by atoms with van der Waals surface area (Å²) in [5, 5.41) is 3.09. The molecule has 0 aromatic heterocycles. The Bertz CT molecular complexity index is 371. The van der Waals surface area contributed by atoms with Gasteiger partial charge in [0.15, 0.2) is 0 Å². The molecule has 0 radical (unpaired) electrons. The maximum atomic E-state index is 11.6. The van der Waals surface area contributed by atoms with Crippen LogP contribution < -0.4 is 11.1 Å². The molecule has 18 heavy (non-hydrogen) atoms. The number of rotatable bonds is 4. The lowest BCUT2D eigenvalue weighted by molar-refractivity contribution is -0.121. The van der Waals surface area contributed by atoms with Gasteiger partial charge in [0.2, 0.25) is 5.91 Å². The lowest BCUT2D eigenvalue weighted by Crippen LogP contribution is -2.37. The molecule has 0 aliphatic heterocycles. The summed E-state index contributed by atoms with van der Waals surface area (Å²) in [6, 6.07) is 10.4. The van der Waals surface area contributed by atoms with E-state index in [1.54, 1.807) is 0 Å². The van der Waals surface area contributed by atoms with E-state index in [0.29, 0.717) is 5.92 Å². The Morgan fingerprint density at radius 3 is 2.50 bits per heavy atom. The van der Waals surface area contributed by atoms with E-state index in [4.69, 9.17) is 5.73 Å². The van der Waals surface area contributed by atoms with Crippen molar-refractivity contribution in [1.29, 1.82) is 0 Å². The van der Waals surface area contributed by atoms with Gasteiger partial charge in [-0.1, -0.05) is 49.6 Å². The minimum atomic E-state index is -0.0607.